The number of rotatable bonds is 7. The van der Waals surface area contributed by atoms with Gasteiger partial charge in [0.2, 0.25) is 0 Å². The molecular formula is C17H16Br2N2O4. The third-order valence-electron chi connectivity index (χ3n) is 3.04. The lowest BCUT2D eigenvalue weighted by Gasteiger charge is -2.12. The van der Waals surface area contributed by atoms with Gasteiger partial charge in [-0.1, -0.05) is 28.1 Å². The van der Waals surface area contributed by atoms with Crippen molar-refractivity contribution in [2.75, 3.05) is 20.8 Å². The van der Waals surface area contributed by atoms with Gasteiger partial charge in [0, 0.05) is 4.47 Å². The van der Waals surface area contributed by atoms with Crippen LogP contribution in [0.4, 0.5) is 0 Å². The molecule has 0 atom stereocenters. The average Bonchev–Trinajstić information content (AvgIpc) is 2.60. The molecule has 0 unspecified atom stereocenters. The molecule has 0 radical (unpaired) electrons. The first-order valence-corrected chi connectivity index (χ1v) is 8.74. The number of nitrogens with zero attached hydrogens (tertiary/aromatic N) is 1. The Hall–Kier alpha value is -2.06. The molecule has 0 aliphatic carbocycles. The van der Waals surface area contributed by atoms with E-state index in [0.29, 0.717) is 21.7 Å². The van der Waals surface area contributed by atoms with Gasteiger partial charge in [-0.15, -0.1) is 0 Å². The number of carbonyl (C=O) groups is 1. The number of methoxy groups -OCH3 is 2. The maximum atomic E-state index is 11.9. The highest BCUT2D eigenvalue weighted by Crippen LogP contribution is 2.38. The van der Waals surface area contributed by atoms with Gasteiger partial charge in [-0.05, 0) is 45.8 Å². The lowest BCUT2D eigenvalue weighted by Crippen LogP contribution is -2.24. The minimum Gasteiger partial charge on any atom is -0.497 e. The summed E-state index contributed by atoms with van der Waals surface area (Å²) >= 11 is 6.74. The maximum Gasteiger partial charge on any atom is 0.277 e. The van der Waals surface area contributed by atoms with Crippen molar-refractivity contribution in [3.8, 4) is 17.2 Å². The van der Waals surface area contributed by atoms with E-state index >= 15 is 0 Å². The van der Waals surface area contributed by atoms with E-state index in [2.05, 4.69) is 42.4 Å². The zero-order valence-electron chi connectivity index (χ0n) is 13.6. The lowest BCUT2D eigenvalue weighted by atomic mass is 10.2. The first kappa shape index (κ1) is 19.3. The highest BCUT2D eigenvalue weighted by Gasteiger charge is 2.12. The second-order valence-electron chi connectivity index (χ2n) is 4.78. The minimum atomic E-state index is -0.393. The quantitative estimate of drug-likeness (QED) is 0.493. The first-order valence-electron chi connectivity index (χ1n) is 7.15. The Morgan fingerprint density at radius 2 is 2.00 bits per heavy atom. The van der Waals surface area contributed by atoms with Crippen molar-refractivity contribution in [1.29, 1.82) is 0 Å². The van der Waals surface area contributed by atoms with Crippen LogP contribution in [0.3, 0.4) is 0 Å². The molecule has 0 spiro atoms. The zero-order valence-corrected chi connectivity index (χ0v) is 16.8. The molecule has 6 nitrogen and oxygen atoms in total. The number of benzene rings is 2. The number of hydrogen-bond acceptors (Lipinski definition) is 5. The SMILES string of the molecule is COc1cccc(C=NNC(=O)COc2c(Br)cc(Br)cc2OC)c1. The lowest BCUT2D eigenvalue weighted by molar-refractivity contribution is -0.123. The summed E-state index contributed by atoms with van der Waals surface area (Å²) in [5.74, 6) is 1.27. The number of nitrogens with one attached hydrogen (secondary N) is 1. The van der Waals surface area contributed by atoms with Crippen molar-refractivity contribution in [3.63, 3.8) is 0 Å². The van der Waals surface area contributed by atoms with Crippen LogP contribution in [0.5, 0.6) is 17.2 Å². The second-order valence-corrected chi connectivity index (χ2v) is 6.55. The van der Waals surface area contributed by atoms with Gasteiger partial charge in [0.25, 0.3) is 5.91 Å². The molecule has 2 aromatic rings. The standard InChI is InChI=1S/C17H16Br2N2O4/c1-23-13-5-3-4-11(6-13)9-20-21-16(22)10-25-17-14(19)7-12(18)8-15(17)24-2/h3-9H,10H2,1-2H3,(H,21,22). The fraction of sp³-hybridized carbons (Fsp3) is 0.176. The van der Waals surface area contributed by atoms with E-state index in [1.165, 1.54) is 13.3 Å². The van der Waals surface area contributed by atoms with Crippen molar-refractivity contribution in [2.45, 2.75) is 0 Å². The van der Waals surface area contributed by atoms with Gasteiger partial charge in [0.1, 0.15) is 5.75 Å². The average molecular weight is 472 g/mol. The summed E-state index contributed by atoms with van der Waals surface area (Å²) in [7, 11) is 3.11. The molecule has 0 saturated carbocycles. The molecule has 0 bridgehead atoms. The van der Waals surface area contributed by atoms with E-state index in [-0.39, 0.29) is 6.61 Å². The first-order chi connectivity index (χ1) is 12.0. The third-order valence-corrected chi connectivity index (χ3v) is 4.09. The van der Waals surface area contributed by atoms with Crippen molar-refractivity contribution in [1.82, 2.24) is 5.43 Å². The summed E-state index contributed by atoms with van der Waals surface area (Å²) in [4.78, 5) is 11.9. The van der Waals surface area contributed by atoms with Crippen LogP contribution in [0.1, 0.15) is 5.56 Å². The van der Waals surface area contributed by atoms with Crippen LogP contribution in [0, 0.1) is 0 Å². The topological polar surface area (TPSA) is 69.2 Å². The van der Waals surface area contributed by atoms with Gasteiger partial charge in [0.15, 0.2) is 18.1 Å². The summed E-state index contributed by atoms with van der Waals surface area (Å²) in [6.07, 6.45) is 1.52. The number of ether oxygens (including phenoxy) is 3. The molecule has 0 saturated heterocycles. The van der Waals surface area contributed by atoms with Crippen LogP contribution in [0.25, 0.3) is 0 Å². The number of carbonyl (C=O) groups excluding carboxylic acids is 1. The van der Waals surface area contributed by atoms with Crippen molar-refractivity contribution in [2.24, 2.45) is 5.10 Å². The molecule has 0 aromatic heterocycles. The maximum absolute atomic E-state index is 11.9. The van der Waals surface area contributed by atoms with Gasteiger partial charge in [-0.2, -0.15) is 5.10 Å². The molecule has 25 heavy (non-hydrogen) atoms. The largest absolute Gasteiger partial charge is 0.497 e. The molecule has 1 N–H and O–H groups in total. The monoisotopic (exact) mass is 470 g/mol. The molecule has 0 fully saturated rings. The fourth-order valence-corrected chi connectivity index (χ4v) is 3.20. The van der Waals surface area contributed by atoms with Crippen LogP contribution in [-0.4, -0.2) is 32.9 Å². The van der Waals surface area contributed by atoms with Crippen molar-refractivity contribution >= 4 is 44.0 Å². The van der Waals surface area contributed by atoms with Gasteiger partial charge in [-0.3, -0.25) is 4.79 Å². The van der Waals surface area contributed by atoms with Crippen LogP contribution in [0.2, 0.25) is 0 Å². The Kier molecular flexibility index (Phi) is 7.27. The summed E-state index contributed by atoms with van der Waals surface area (Å²) in [5.41, 5.74) is 3.21. The van der Waals surface area contributed by atoms with Gasteiger partial charge in [-0.25, -0.2) is 5.43 Å². The van der Waals surface area contributed by atoms with Gasteiger partial charge < -0.3 is 14.2 Å². The van der Waals surface area contributed by atoms with Crippen LogP contribution < -0.4 is 19.6 Å². The molecule has 2 aromatic carbocycles. The van der Waals surface area contributed by atoms with Crippen LogP contribution in [0.15, 0.2) is 50.4 Å². The molecule has 1 amide bonds. The third kappa shape index (κ3) is 5.75. The predicted molar refractivity (Wildman–Crippen MR) is 103 cm³/mol. The van der Waals surface area contributed by atoms with E-state index in [1.54, 1.807) is 25.3 Å². The highest BCUT2D eigenvalue weighted by atomic mass is 79.9. The van der Waals surface area contributed by atoms with Crippen LogP contribution >= 0.6 is 31.9 Å². The number of amides is 1. The molecule has 0 heterocycles. The number of halogens is 2. The summed E-state index contributed by atoms with van der Waals surface area (Å²) in [5, 5.41) is 3.90. The minimum absolute atomic E-state index is 0.202. The Labute approximate surface area is 162 Å². The summed E-state index contributed by atoms with van der Waals surface area (Å²) in [6.45, 7) is -0.202. The molecule has 8 heteroatoms. The molecular weight excluding hydrogens is 456 g/mol. The molecule has 0 aliphatic heterocycles. The smallest absolute Gasteiger partial charge is 0.277 e. The molecule has 0 aliphatic rings. The number of hydrazone groups is 1. The van der Waals surface area contributed by atoms with Crippen LogP contribution in [-0.2, 0) is 4.79 Å². The van der Waals surface area contributed by atoms with E-state index in [9.17, 15) is 4.79 Å². The van der Waals surface area contributed by atoms with E-state index in [1.807, 2.05) is 18.2 Å². The highest BCUT2D eigenvalue weighted by molar-refractivity contribution is 9.11. The fourth-order valence-electron chi connectivity index (χ4n) is 1.90. The summed E-state index contributed by atoms with van der Waals surface area (Å²) in [6, 6.07) is 10.9. The van der Waals surface area contributed by atoms with E-state index in [4.69, 9.17) is 14.2 Å². The normalized spacial score (nSPS) is 10.6. The number of hydrogen-bond donors (Lipinski definition) is 1. The van der Waals surface area contributed by atoms with Gasteiger partial charge in [0.05, 0.1) is 24.9 Å². The summed E-state index contributed by atoms with van der Waals surface area (Å²) < 4.78 is 17.4. The Morgan fingerprint density at radius 1 is 1.20 bits per heavy atom. The predicted octanol–water partition coefficient (Wildman–Crippen LogP) is 3.76. The second kappa shape index (κ2) is 9.43. The Bertz CT molecular complexity index is 781. The molecule has 2 rings (SSSR count). The van der Waals surface area contributed by atoms with E-state index < -0.39 is 5.91 Å². The van der Waals surface area contributed by atoms with Gasteiger partial charge >= 0.3 is 0 Å². The zero-order chi connectivity index (χ0) is 18.2. The molecule has 132 valence electrons. The van der Waals surface area contributed by atoms with Crippen molar-refractivity contribution in [3.05, 3.63) is 50.9 Å². The van der Waals surface area contributed by atoms with Crippen molar-refractivity contribution < 1.29 is 19.0 Å². The Balaban J connectivity index is 1.92. The Morgan fingerprint density at radius 3 is 2.72 bits per heavy atom. The van der Waals surface area contributed by atoms with E-state index in [0.717, 1.165) is 10.0 Å².